The van der Waals surface area contributed by atoms with E-state index in [0.29, 0.717) is 18.7 Å². The average Bonchev–Trinajstić information content (AvgIpc) is 2.78. The van der Waals surface area contributed by atoms with Crippen LogP contribution in [0, 0.1) is 17.0 Å². The number of piperidine rings is 1. The van der Waals surface area contributed by atoms with E-state index < -0.39 is 33.3 Å². The minimum Gasteiger partial charge on any atom is -0.454 e. The Hall–Kier alpha value is -3.11. The third-order valence-electron chi connectivity index (χ3n) is 5.09. The smallest absolute Gasteiger partial charge is 0.338 e. The molecule has 0 bridgehead atoms. The first-order valence-corrected chi connectivity index (χ1v) is 11.2. The zero-order chi connectivity index (χ0) is 22.6. The molecule has 1 aliphatic rings. The van der Waals surface area contributed by atoms with Gasteiger partial charge in [-0.05, 0) is 49.6 Å². The number of non-ortho nitro benzene ring substituents is 1. The Bertz CT molecular complexity index is 1110. The van der Waals surface area contributed by atoms with E-state index in [1.54, 1.807) is 6.92 Å². The van der Waals surface area contributed by atoms with Crippen molar-refractivity contribution >= 4 is 27.5 Å². The van der Waals surface area contributed by atoms with Crippen molar-refractivity contribution in [1.29, 1.82) is 0 Å². The predicted octanol–water partition coefficient (Wildman–Crippen LogP) is 3.12. The van der Waals surface area contributed by atoms with Gasteiger partial charge in [0.25, 0.3) is 5.69 Å². The molecular formula is C21H22N2O7S. The Labute approximate surface area is 179 Å². The van der Waals surface area contributed by atoms with Gasteiger partial charge in [0.1, 0.15) is 0 Å². The second-order valence-corrected chi connectivity index (χ2v) is 9.15. The standard InChI is InChI=1S/C21H22N2O7S/c1-15-5-6-17(13-20(15)31(28,29)22-11-3-2-4-12-22)21(25)30-14-19(24)16-7-9-18(10-8-16)23(26)27/h5-10,13H,2-4,11-12,14H2,1H3. The number of benzene rings is 2. The van der Waals surface area contributed by atoms with E-state index in [2.05, 4.69) is 0 Å². The molecule has 0 saturated carbocycles. The number of nitro benzene ring substituents is 1. The van der Waals surface area contributed by atoms with Gasteiger partial charge in [-0.2, -0.15) is 4.31 Å². The van der Waals surface area contributed by atoms with Gasteiger partial charge >= 0.3 is 5.97 Å². The minimum absolute atomic E-state index is 0.0256. The van der Waals surface area contributed by atoms with Crippen molar-refractivity contribution in [1.82, 2.24) is 4.31 Å². The van der Waals surface area contributed by atoms with E-state index in [-0.39, 0.29) is 21.7 Å². The van der Waals surface area contributed by atoms with Gasteiger partial charge in [-0.25, -0.2) is 13.2 Å². The summed E-state index contributed by atoms with van der Waals surface area (Å²) in [5, 5.41) is 10.7. The van der Waals surface area contributed by atoms with Gasteiger partial charge in [0.05, 0.1) is 15.4 Å². The van der Waals surface area contributed by atoms with Crippen molar-refractivity contribution in [3.8, 4) is 0 Å². The average molecular weight is 446 g/mol. The van der Waals surface area contributed by atoms with Crippen molar-refractivity contribution in [2.45, 2.75) is 31.1 Å². The van der Waals surface area contributed by atoms with Gasteiger partial charge in [0, 0.05) is 30.8 Å². The quantitative estimate of drug-likeness (QED) is 0.277. The number of ether oxygens (including phenoxy) is 1. The highest BCUT2D eigenvalue weighted by Crippen LogP contribution is 2.24. The number of hydrogen-bond acceptors (Lipinski definition) is 7. The number of carbonyl (C=O) groups is 2. The molecule has 164 valence electrons. The van der Waals surface area contributed by atoms with Crippen LogP contribution in [-0.2, 0) is 14.8 Å². The van der Waals surface area contributed by atoms with Crippen molar-refractivity contribution in [3.05, 3.63) is 69.3 Å². The number of Topliss-reactive ketones (excluding diaryl/α,β-unsaturated/α-hetero) is 1. The molecule has 0 spiro atoms. The second-order valence-electron chi connectivity index (χ2n) is 7.25. The van der Waals surface area contributed by atoms with Crippen LogP contribution in [0.1, 0.15) is 45.5 Å². The van der Waals surface area contributed by atoms with E-state index in [0.717, 1.165) is 19.3 Å². The molecular weight excluding hydrogens is 424 g/mol. The minimum atomic E-state index is -3.73. The molecule has 0 radical (unpaired) electrons. The zero-order valence-corrected chi connectivity index (χ0v) is 17.8. The molecule has 0 N–H and O–H groups in total. The lowest BCUT2D eigenvalue weighted by Gasteiger charge is -2.26. The summed E-state index contributed by atoms with van der Waals surface area (Å²) in [4.78, 5) is 34.8. The summed E-state index contributed by atoms with van der Waals surface area (Å²) < 4.78 is 32.4. The molecule has 0 aromatic heterocycles. The Morgan fingerprint density at radius 1 is 1.03 bits per heavy atom. The Morgan fingerprint density at radius 2 is 1.65 bits per heavy atom. The monoisotopic (exact) mass is 446 g/mol. The molecule has 31 heavy (non-hydrogen) atoms. The number of carbonyl (C=O) groups excluding carboxylic acids is 2. The number of aryl methyl sites for hydroxylation is 1. The fourth-order valence-electron chi connectivity index (χ4n) is 3.32. The maximum Gasteiger partial charge on any atom is 0.338 e. The highest BCUT2D eigenvalue weighted by Gasteiger charge is 2.28. The highest BCUT2D eigenvalue weighted by molar-refractivity contribution is 7.89. The van der Waals surface area contributed by atoms with Crippen LogP contribution in [0.5, 0.6) is 0 Å². The van der Waals surface area contributed by atoms with E-state index in [9.17, 15) is 28.1 Å². The van der Waals surface area contributed by atoms with Gasteiger partial charge in [-0.15, -0.1) is 0 Å². The van der Waals surface area contributed by atoms with Crippen LogP contribution in [-0.4, -0.2) is 49.1 Å². The van der Waals surface area contributed by atoms with Crippen LogP contribution in [0.15, 0.2) is 47.4 Å². The molecule has 10 heteroatoms. The summed E-state index contributed by atoms with van der Waals surface area (Å²) in [5.41, 5.74) is 0.549. The first kappa shape index (κ1) is 22.6. The number of nitrogens with zero attached hydrogens (tertiary/aromatic N) is 2. The Kier molecular flexibility index (Phi) is 6.81. The first-order valence-electron chi connectivity index (χ1n) is 9.76. The number of nitro groups is 1. The third-order valence-corrected chi connectivity index (χ3v) is 7.13. The van der Waals surface area contributed by atoms with Gasteiger partial charge in [0.2, 0.25) is 10.0 Å². The Balaban J connectivity index is 1.71. The number of esters is 1. The number of rotatable bonds is 7. The summed E-state index contributed by atoms with van der Waals surface area (Å²) in [6.45, 7) is 1.98. The Morgan fingerprint density at radius 3 is 2.26 bits per heavy atom. The van der Waals surface area contributed by atoms with E-state index in [4.69, 9.17) is 4.74 Å². The topological polar surface area (TPSA) is 124 Å². The lowest BCUT2D eigenvalue weighted by molar-refractivity contribution is -0.384. The summed E-state index contributed by atoms with van der Waals surface area (Å²) in [5.74, 6) is -1.36. The summed E-state index contributed by atoms with van der Waals surface area (Å²) in [6, 6.07) is 9.19. The summed E-state index contributed by atoms with van der Waals surface area (Å²) in [7, 11) is -3.73. The second kappa shape index (κ2) is 9.36. The van der Waals surface area contributed by atoms with Gasteiger partial charge in [-0.3, -0.25) is 14.9 Å². The lowest BCUT2D eigenvalue weighted by atomic mass is 10.1. The largest absolute Gasteiger partial charge is 0.454 e. The van der Waals surface area contributed by atoms with Crippen LogP contribution >= 0.6 is 0 Å². The molecule has 9 nitrogen and oxygen atoms in total. The van der Waals surface area contributed by atoms with Gasteiger partial charge in [0.15, 0.2) is 12.4 Å². The lowest BCUT2D eigenvalue weighted by Crippen LogP contribution is -2.36. The van der Waals surface area contributed by atoms with Crippen LogP contribution in [0.2, 0.25) is 0 Å². The van der Waals surface area contributed by atoms with Gasteiger partial charge < -0.3 is 4.74 Å². The number of sulfonamides is 1. The molecule has 0 amide bonds. The molecule has 0 aliphatic carbocycles. The SMILES string of the molecule is Cc1ccc(C(=O)OCC(=O)c2ccc([N+](=O)[O-])cc2)cc1S(=O)(=O)N1CCCCC1. The molecule has 0 unspecified atom stereocenters. The third kappa shape index (κ3) is 5.15. The van der Waals surface area contributed by atoms with Gasteiger partial charge in [-0.1, -0.05) is 12.5 Å². The van der Waals surface area contributed by atoms with E-state index >= 15 is 0 Å². The van der Waals surface area contributed by atoms with Crippen LogP contribution in [0.4, 0.5) is 5.69 Å². The van der Waals surface area contributed by atoms with E-state index in [1.807, 2.05) is 0 Å². The molecule has 1 heterocycles. The number of ketones is 1. The van der Waals surface area contributed by atoms with E-state index in [1.165, 1.54) is 46.8 Å². The normalized spacial score (nSPS) is 14.7. The highest BCUT2D eigenvalue weighted by atomic mass is 32.2. The fourth-order valence-corrected chi connectivity index (χ4v) is 5.08. The maximum atomic E-state index is 13.0. The zero-order valence-electron chi connectivity index (χ0n) is 16.9. The van der Waals surface area contributed by atoms with Crippen molar-refractivity contribution in [2.75, 3.05) is 19.7 Å². The molecule has 1 saturated heterocycles. The van der Waals surface area contributed by atoms with Crippen molar-refractivity contribution in [2.24, 2.45) is 0 Å². The first-order chi connectivity index (χ1) is 14.7. The molecule has 0 atom stereocenters. The molecule has 1 aliphatic heterocycles. The number of hydrogen-bond donors (Lipinski definition) is 0. The maximum absolute atomic E-state index is 13.0. The molecule has 2 aromatic carbocycles. The molecule has 2 aromatic rings. The summed E-state index contributed by atoms with van der Waals surface area (Å²) in [6.07, 6.45) is 2.58. The van der Waals surface area contributed by atoms with Crippen molar-refractivity contribution < 1.29 is 27.7 Å². The molecule has 1 fully saturated rings. The molecule has 3 rings (SSSR count). The predicted molar refractivity (Wildman–Crippen MR) is 111 cm³/mol. The van der Waals surface area contributed by atoms with Crippen LogP contribution < -0.4 is 0 Å². The van der Waals surface area contributed by atoms with Crippen molar-refractivity contribution in [3.63, 3.8) is 0 Å². The summed E-state index contributed by atoms with van der Waals surface area (Å²) >= 11 is 0. The fraction of sp³-hybridized carbons (Fsp3) is 0.333. The van der Waals surface area contributed by atoms with Crippen LogP contribution in [0.3, 0.4) is 0 Å². The van der Waals surface area contributed by atoms with Crippen LogP contribution in [0.25, 0.3) is 0 Å².